The predicted octanol–water partition coefficient (Wildman–Crippen LogP) is 4.93. The van der Waals surface area contributed by atoms with Crippen LogP contribution in [0.5, 0.6) is 5.75 Å². The third-order valence-electron chi connectivity index (χ3n) is 4.09. The van der Waals surface area contributed by atoms with Crippen LogP contribution in [-0.2, 0) is 5.75 Å². The number of ether oxygens (including phenoxy) is 1. The van der Waals surface area contributed by atoms with Crippen LogP contribution in [0.2, 0.25) is 5.02 Å². The van der Waals surface area contributed by atoms with Crippen molar-refractivity contribution in [2.24, 2.45) is 0 Å². The van der Waals surface area contributed by atoms with E-state index in [9.17, 15) is 4.79 Å². The first-order valence-electron chi connectivity index (χ1n) is 8.17. The van der Waals surface area contributed by atoms with Gasteiger partial charge < -0.3 is 9.15 Å². The quantitative estimate of drug-likeness (QED) is 0.352. The second-order valence-electron chi connectivity index (χ2n) is 5.80. The maximum absolute atomic E-state index is 11.9. The molecule has 5 nitrogen and oxygen atoms in total. The van der Waals surface area contributed by atoms with Gasteiger partial charge in [-0.05, 0) is 35.9 Å². The molecule has 4 rings (SSSR count). The first-order valence-corrected chi connectivity index (χ1v) is 9.53. The van der Waals surface area contributed by atoms with Gasteiger partial charge in [0.2, 0.25) is 0 Å². The van der Waals surface area contributed by atoms with Crippen molar-refractivity contribution in [3.05, 3.63) is 81.9 Å². The molecule has 2 aromatic carbocycles. The van der Waals surface area contributed by atoms with Gasteiger partial charge in [-0.1, -0.05) is 29.4 Å². The molecule has 0 amide bonds. The Morgan fingerprint density at radius 1 is 1.22 bits per heavy atom. The summed E-state index contributed by atoms with van der Waals surface area (Å²) in [5, 5.41) is 2.36. The molecule has 2 heterocycles. The average Bonchev–Trinajstić information content (AvgIpc) is 3.14. The molecular weight excluding hydrogens is 384 g/mol. The highest BCUT2D eigenvalue weighted by Gasteiger charge is 2.11. The largest absolute Gasteiger partial charge is 0.497 e. The fraction of sp³-hybridized carbons (Fsp3) is 0.100. The van der Waals surface area contributed by atoms with Crippen LogP contribution in [0, 0.1) is 0 Å². The zero-order valence-corrected chi connectivity index (χ0v) is 16.0. The van der Waals surface area contributed by atoms with E-state index < -0.39 is 0 Å². The lowest BCUT2D eigenvalue weighted by molar-refractivity contribution is 0.414. The highest BCUT2D eigenvalue weighted by Crippen LogP contribution is 2.29. The van der Waals surface area contributed by atoms with Crippen LogP contribution in [0.25, 0.3) is 16.7 Å². The average molecular weight is 399 g/mol. The summed E-state index contributed by atoms with van der Waals surface area (Å²) in [6.45, 7) is 0. The minimum atomic E-state index is -0.385. The van der Waals surface area contributed by atoms with Gasteiger partial charge in [0.15, 0.2) is 5.16 Å². The first kappa shape index (κ1) is 17.7. The Morgan fingerprint density at radius 2 is 2.11 bits per heavy atom. The molecule has 0 aliphatic heterocycles. The first-order chi connectivity index (χ1) is 13.1. The minimum absolute atomic E-state index is 0.385. The van der Waals surface area contributed by atoms with Crippen LogP contribution in [0.4, 0.5) is 0 Å². The van der Waals surface area contributed by atoms with Gasteiger partial charge in [-0.3, -0.25) is 4.57 Å². The summed E-state index contributed by atoms with van der Waals surface area (Å²) < 4.78 is 12.5. The third kappa shape index (κ3) is 3.72. The molecule has 0 fully saturated rings. The SMILES string of the molecule is COc1ccc2c(CSc3nccn3-c3cccc(Cl)c3)cc(=O)oc2c1. The Morgan fingerprint density at radius 3 is 2.93 bits per heavy atom. The van der Waals surface area contributed by atoms with E-state index in [2.05, 4.69) is 4.98 Å². The summed E-state index contributed by atoms with van der Waals surface area (Å²) >= 11 is 7.64. The fourth-order valence-electron chi connectivity index (χ4n) is 2.82. The van der Waals surface area contributed by atoms with Crippen LogP contribution in [0.1, 0.15) is 5.56 Å². The van der Waals surface area contributed by atoms with E-state index in [1.165, 1.54) is 17.8 Å². The maximum Gasteiger partial charge on any atom is 0.336 e. The molecule has 0 saturated heterocycles. The number of aromatic nitrogens is 2. The molecule has 7 heteroatoms. The van der Waals surface area contributed by atoms with Crippen molar-refractivity contribution in [3.8, 4) is 11.4 Å². The lowest BCUT2D eigenvalue weighted by Crippen LogP contribution is -2.01. The van der Waals surface area contributed by atoms with Gasteiger partial charge in [-0.2, -0.15) is 0 Å². The molecule has 0 aliphatic rings. The van der Waals surface area contributed by atoms with E-state index >= 15 is 0 Å². The lowest BCUT2D eigenvalue weighted by atomic mass is 10.1. The van der Waals surface area contributed by atoms with Crippen molar-refractivity contribution in [1.82, 2.24) is 9.55 Å². The van der Waals surface area contributed by atoms with Gasteiger partial charge >= 0.3 is 5.63 Å². The normalized spacial score (nSPS) is 11.0. The van der Waals surface area contributed by atoms with Gasteiger partial charge in [0.1, 0.15) is 11.3 Å². The number of nitrogens with zero attached hydrogens (tertiary/aromatic N) is 2. The van der Waals surface area contributed by atoms with Crippen LogP contribution in [0.15, 0.2) is 75.3 Å². The number of thioether (sulfide) groups is 1. The highest BCUT2D eigenvalue weighted by molar-refractivity contribution is 7.98. The number of benzene rings is 2. The van der Waals surface area contributed by atoms with Crippen LogP contribution >= 0.6 is 23.4 Å². The molecular formula is C20H15ClN2O3S. The predicted molar refractivity (Wildman–Crippen MR) is 107 cm³/mol. The summed E-state index contributed by atoms with van der Waals surface area (Å²) in [6, 6.07) is 14.6. The Balaban J connectivity index is 1.65. The van der Waals surface area contributed by atoms with Gasteiger partial charge in [-0.25, -0.2) is 9.78 Å². The van der Waals surface area contributed by atoms with E-state index in [0.717, 1.165) is 21.8 Å². The van der Waals surface area contributed by atoms with Crippen molar-refractivity contribution < 1.29 is 9.15 Å². The van der Waals surface area contributed by atoms with Crippen molar-refractivity contribution >= 4 is 34.3 Å². The molecule has 0 aliphatic carbocycles. The molecule has 0 unspecified atom stereocenters. The van der Waals surface area contributed by atoms with E-state index in [4.69, 9.17) is 20.8 Å². The summed E-state index contributed by atoms with van der Waals surface area (Å²) in [7, 11) is 1.58. The topological polar surface area (TPSA) is 57.3 Å². The molecule has 0 saturated carbocycles. The second kappa shape index (κ2) is 7.50. The molecule has 0 radical (unpaired) electrons. The third-order valence-corrected chi connectivity index (χ3v) is 5.34. The number of fused-ring (bicyclic) bond motifs is 1. The fourth-order valence-corrected chi connectivity index (χ4v) is 3.97. The van der Waals surface area contributed by atoms with E-state index in [0.29, 0.717) is 22.1 Å². The molecule has 0 atom stereocenters. The van der Waals surface area contributed by atoms with Crippen LogP contribution < -0.4 is 10.4 Å². The molecule has 4 aromatic rings. The summed E-state index contributed by atoms with van der Waals surface area (Å²) in [5.41, 5.74) is 1.94. The second-order valence-corrected chi connectivity index (χ2v) is 7.18. The Kier molecular flexibility index (Phi) is 4.92. The Labute approximate surface area is 164 Å². The maximum atomic E-state index is 11.9. The lowest BCUT2D eigenvalue weighted by Gasteiger charge is -2.09. The monoisotopic (exact) mass is 398 g/mol. The zero-order valence-electron chi connectivity index (χ0n) is 14.4. The smallest absolute Gasteiger partial charge is 0.336 e. The molecule has 2 aromatic heterocycles. The van der Waals surface area contributed by atoms with Crippen molar-refractivity contribution in [2.75, 3.05) is 7.11 Å². The van der Waals surface area contributed by atoms with E-state index in [1.807, 2.05) is 47.2 Å². The zero-order chi connectivity index (χ0) is 18.8. The van der Waals surface area contributed by atoms with Gasteiger partial charge in [-0.15, -0.1) is 0 Å². The Hall–Kier alpha value is -2.70. The Bertz CT molecular complexity index is 1170. The highest BCUT2D eigenvalue weighted by atomic mass is 35.5. The molecule has 0 N–H and O–H groups in total. The number of imidazole rings is 1. The minimum Gasteiger partial charge on any atom is -0.497 e. The van der Waals surface area contributed by atoms with Crippen molar-refractivity contribution in [3.63, 3.8) is 0 Å². The van der Waals surface area contributed by atoms with Crippen LogP contribution in [-0.4, -0.2) is 16.7 Å². The summed E-state index contributed by atoms with van der Waals surface area (Å²) in [5.74, 6) is 1.22. The van der Waals surface area contributed by atoms with E-state index in [-0.39, 0.29) is 5.63 Å². The van der Waals surface area contributed by atoms with Gasteiger partial charge in [0.05, 0.1) is 7.11 Å². The summed E-state index contributed by atoms with van der Waals surface area (Å²) in [4.78, 5) is 16.4. The van der Waals surface area contributed by atoms with Gasteiger partial charge in [0.25, 0.3) is 0 Å². The number of rotatable bonds is 5. The van der Waals surface area contributed by atoms with Crippen molar-refractivity contribution in [1.29, 1.82) is 0 Å². The number of halogens is 1. The molecule has 0 spiro atoms. The summed E-state index contributed by atoms with van der Waals surface area (Å²) in [6.07, 6.45) is 3.63. The number of hydrogen-bond donors (Lipinski definition) is 0. The molecule has 136 valence electrons. The standard InChI is InChI=1S/C20H15ClN2O3S/c1-25-16-5-6-17-13(9-19(24)26-18(17)11-16)12-27-20-22-7-8-23(20)15-4-2-3-14(21)10-15/h2-11H,12H2,1H3. The van der Waals surface area contributed by atoms with Crippen molar-refractivity contribution in [2.45, 2.75) is 10.9 Å². The molecule has 0 bridgehead atoms. The number of methoxy groups -OCH3 is 1. The van der Waals surface area contributed by atoms with Gasteiger partial charge in [0, 0.05) is 46.4 Å². The molecule has 27 heavy (non-hydrogen) atoms. The van der Waals surface area contributed by atoms with E-state index in [1.54, 1.807) is 19.4 Å². The number of hydrogen-bond acceptors (Lipinski definition) is 5. The van der Waals surface area contributed by atoms with Crippen LogP contribution in [0.3, 0.4) is 0 Å².